The van der Waals surface area contributed by atoms with Gasteiger partial charge in [-0.3, -0.25) is 4.79 Å². The third-order valence-corrected chi connectivity index (χ3v) is 3.43. The number of benzene rings is 1. The minimum atomic E-state index is -0.403. The molecule has 1 amide bonds. The summed E-state index contributed by atoms with van der Waals surface area (Å²) in [7, 11) is 0. The summed E-state index contributed by atoms with van der Waals surface area (Å²) in [6.45, 7) is 0.819. The van der Waals surface area contributed by atoms with Gasteiger partial charge in [-0.1, -0.05) is 12.1 Å². The monoisotopic (exact) mass is 240 g/mol. The molecule has 16 heavy (non-hydrogen) atoms. The van der Waals surface area contributed by atoms with Crippen LogP contribution in [-0.2, 0) is 4.79 Å². The Bertz CT molecular complexity index is 380. The number of amides is 1. The third kappa shape index (κ3) is 2.74. The standard InChI is InChI=1S/C11H13FN2OS/c12-8-3-1-2-4-9(8)14-11(15)10-7-16-6-5-13-10/h1-4,10,13H,5-7H2,(H,14,15). The van der Waals surface area contributed by atoms with Crippen LogP contribution in [0.5, 0.6) is 0 Å². The van der Waals surface area contributed by atoms with Gasteiger partial charge >= 0.3 is 0 Å². The number of carbonyl (C=O) groups excluding carboxylic acids is 1. The Balaban J connectivity index is 1.99. The number of carbonyl (C=O) groups is 1. The van der Waals surface area contributed by atoms with Crippen LogP contribution in [0.2, 0.25) is 0 Å². The summed E-state index contributed by atoms with van der Waals surface area (Å²) in [6, 6.07) is 5.96. The molecule has 1 heterocycles. The number of thioether (sulfide) groups is 1. The number of nitrogens with one attached hydrogen (secondary N) is 2. The van der Waals surface area contributed by atoms with Gasteiger partial charge in [0, 0.05) is 18.1 Å². The number of para-hydroxylation sites is 1. The van der Waals surface area contributed by atoms with Gasteiger partial charge in [0.15, 0.2) is 0 Å². The Hall–Kier alpha value is -1.07. The number of anilines is 1. The number of rotatable bonds is 2. The molecular weight excluding hydrogens is 227 g/mol. The van der Waals surface area contributed by atoms with Gasteiger partial charge in [-0.05, 0) is 12.1 Å². The van der Waals surface area contributed by atoms with Crippen LogP contribution in [0, 0.1) is 5.82 Å². The fourth-order valence-electron chi connectivity index (χ4n) is 1.52. The molecule has 0 aromatic heterocycles. The molecule has 1 aromatic carbocycles. The normalized spacial score (nSPS) is 20.4. The molecule has 1 aliphatic rings. The molecule has 2 N–H and O–H groups in total. The third-order valence-electron chi connectivity index (χ3n) is 2.37. The minimum Gasteiger partial charge on any atom is -0.322 e. The van der Waals surface area contributed by atoms with Gasteiger partial charge < -0.3 is 10.6 Å². The molecule has 0 radical (unpaired) electrons. The first-order chi connectivity index (χ1) is 7.77. The number of halogens is 1. The average Bonchev–Trinajstić information content (AvgIpc) is 2.33. The largest absolute Gasteiger partial charge is 0.322 e. The number of hydrogen-bond acceptors (Lipinski definition) is 3. The zero-order valence-electron chi connectivity index (χ0n) is 8.70. The van der Waals surface area contributed by atoms with Crippen molar-refractivity contribution in [2.24, 2.45) is 0 Å². The van der Waals surface area contributed by atoms with Gasteiger partial charge in [-0.2, -0.15) is 11.8 Å². The van der Waals surface area contributed by atoms with E-state index in [2.05, 4.69) is 10.6 Å². The van der Waals surface area contributed by atoms with Crippen LogP contribution in [0.4, 0.5) is 10.1 Å². The predicted molar refractivity (Wildman–Crippen MR) is 64.1 cm³/mol. The Kier molecular flexibility index (Phi) is 3.79. The molecule has 1 saturated heterocycles. The number of hydrogen-bond donors (Lipinski definition) is 2. The molecule has 1 aromatic rings. The van der Waals surface area contributed by atoms with Gasteiger partial charge in [0.05, 0.1) is 11.7 Å². The van der Waals surface area contributed by atoms with Crippen LogP contribution in [0.1, 0.15) is 0 Å². The molecule has 0 aliphatic carbocycles. The first kappa shape index (κ1) is 11.4. The summed E-state index contributed by atoms with van der Waals surface area (Å²) >= 11 is 1.73. The Morgan fingerprint density at radius 1 is 1.50 bits per heavy atom. The second-order valence-corrected chi connectivity index (χ2v) is 4.70. The van der Waals surface area contributed by atoms with Crippen molar-refractivity contribution in [3.63, 3.8) is 0 Å². The maximum atomic E-state index is 13.3. The lowest BCUT2D eigenvalue weighted by molar-refractivity contribution is -0.117. The molecule has 1 unspecified atom stereocenters. The van der Waals surface area contributed by atoms with Crippen molar-refractivity contribution in [1.82, 2.24) is 5.32 Å². The SMILES string of the molecule is O=C(Nc1ccccc1F)C1CSCCN1. The lowest BCUT2D eigenvalue weighted by Gasteiger charge is -2.22. The molecular formula is C11H13FN2OS. The van der Waals surface area contributed by atoms with Crippen molar-refractivity contribution in [3.8, 4) is 0 Å². The predicted octanol–water partition coefficient (Wildman–Crippen LogP) is 1.47. The quantitative estimate of drug-likeness (QED) is 0.822. The molecule has 3 nitrogen and oxygen atoms in total. The molecule has 2 rings (SSSR count). The first-order valence-corrected chi connectivity index (χ1v) is 6.29. The highest BCUT2D eigenvalue weighted by molar-refractivity contribution is 7.99. The van der Waals surface area contributed by atoms with Crippen molar-refractivity contribution >= 4 is 23.4 Å². The maximum absolute atomic E-state index is 13.3. The van der Waals surface area contributed by atoms with Crippen molar-refractivity contribution in [2.45, 2.75) is 6.04 Å². The Morgan fingerprint density at radius 3 is 3.00 bits per heavy atom. The Morgan fingerprint density at radius 2 is 2.31 bits per heavy atom. The zero-order valence-corrected chi connectivity index (χ0v) is 9.52. The zero-order chi connectivity index (χ0) is 11.4. The van der Waals surface area contributed by atoms with Crippen LogP contribution in [0.25, 0.3) is 0 Å². The summed E-state index contributed by atoms with van der Waals surface area (Å²) in [5.41, 5.74) is 0.241. The van der Waals surface area contributed by atoms with E-state index in [4.69, 9.17) is 0 Å². The van der Waals surface area contributed by atoms with E-state index in [0.717, 1.165) is 18.1 Å². The van der Waals surface area contributed by atoms with Gasteiger partial charge in [-0.15, -0.1) is 0 Å². The van der Waals surface area contributed by atoms with Crippen molar-refractivity contribution in [1.29, 1.82) is 0 Å². The van der Waals surface area contributed by atoms with E-state index in [0.29, 0.717) is 0 Å². The van der Waals surface area contributed by atoms with Crippen LogP contribution in [-0.4, -0.2) is 30.0 Å². The second-order valence-electron chi connectivity index (χ2n) is 3.55. The van der Waals surface area contributed by atoms with E-state index >= 15 is 0 Å². The molecule has 5 heteroatoms. The van der Waals surface area contributed by atoms with Gasteiger partial charge in [0.2, 0.25) is 5.91 Å². The van der Waals surface area contributed by atoms with Gasteiger partial charge in [-0.25, -0.2) is 4.39 Å². The molecule has 86 valence electrons. The van der Waals surface area contributed by atoms with Crippen LogP contribution < -0.4 is 10.6 Å². The van der Waals surface area contributed by atoms with E-state index in [1.54, 1.807) is 30.0 Å². The summed E-state index contributed by atoms with van der Waals surface area (Å²) in [4.78, 5) is 11.8. The molecule has 0 bridgehead atoms. The van der Waals surface area contributed by atoms with E-state index in [-0.39, 0.29) is 17.6 Å². The average molecular weight is 240 g/mol. The highest BCUT2D eigenvalue weighted by Gasteiger charge is 2.21. The van der Waals surface area contributed by atoms with E-state index in [1.807, 2.05) is 0 Å². The minimum absolute atomic E-state index is 0.169. The summed E-state index contributed by atoms with van der Waals surface area (Å²) in [5.74, 6) is 1.18. The topological polar surface area (TPSA) is 41.1 Å². The lowest BCUT2D eigenvalue weighted by atomic mass is 10.2. The van der Waals surface area contributed by atoms with Crippen molar-refractivity contribution < 1.29 is 9.18 Å². The fraction of sp³-hybridized carbons (Fsp3) is 0.364. The molecule has 1 fully saturated rings. The van der Waals surface area contributed by atoms with E-state index < -0.39 is 5.82 Å². The van der Waals surface area contributed by atoms with Crippen molar-refractivity contribution in [2.75, 3.05) is 23.4 Å². The molecule has 0 saturated carbocycles. The summed E-state index contributed by atoms with van der Waals surface area (Å²) < 4.78 is 13.3. The van der Waals surface area contributed by atoms with Gasteiger partial charge in [0.1, 0.15) is 5.82 Å². The maximum Gasteiger partial charge on any atom is 0.242 e. The van der Waals surface area contributed by atoms with Crippen LogP contribution >= 0.6 is 11.8 Å². The van der Waals surface area contributed by atoms with E-state index in [1.165, 1.54) is 6.07 Å². The Labute approximate surface area is 97.8 Å². The highest BCUT2D eigenvalue weighted by atomic mass is 32.2. The van der Waals surface area contributed by atoms with Gasteiger partial charge in [0.25, 0.3) is 0 Å². The molecule has 0 spiro atoms. The van der Waals surface area contributed by atoms with E-state index in [9.17, 15) is 9.18 Å². The first-order valence-electron chi connectivity index (χ1n) is 5.14. The van der Waals surface area contributed by atoms with Crippen LogP contribution in [0.3, 0.4) is 0 Å². The lowest BCUT2D eigenvalue weighted by Crippen LogP contribution is -2.46. The smallest absolute Gasteiger partial charge is 0.242 e. The second kappa shape index (κ2) is 5.32. The summed E-state index contributed by atoms with van der Waals surface area (Å²) in [6.07, 6.45) is 0. The molecule has 1 atom stereocenters. The fourth-order valence-corrected chi connectivity index (χ4v) is 2.45. The molecule has 1 aliphatic heterocycles. The summed E-state index contributed by atoms with van der Waals surface area (Å²) in [5, 5.41) is 5.69. The highest BCUT2D eigenvalue weighted by Crippen LogP contribution is 2.14. The van der Waals surface area contributed by atoms with Crippen molar-refractivity contribution in [3.05, 3.63) is 30.1 Å². The van der Waals surface area contributed by atoms with Crippen LogP contribution in [0.15, 0.2) is 24.3 Å².